The Labute approximate surface area is 261 Å². The van der Waals surface area contributed by atoms with Gasteiger partial charge in [-0.15, -0.1) is 0 Å². The molecule has 2 heterocycles. The highest BCUT2D eigenvalue weighted by atomic mass is 35.5. The molecule has 0 bridgehead atoms. The Bertz CT molecular complexity index is 1060. The normalized spacial score (nSPS) is 18.3. The Morgan fingerprint density at radius 1 is 1.09 bits per heavy atom. The average molecular weight is 620 g/mol. The maximum atomic E-state index is 12.2. The molecule has 1 aliphatic carbocycles. The Balaban J connectivity index is 0.000000511. The van der Waals surface area contributed by atoms with E-state index in [2.05, 4.69) is 20.4 Å². The SMILES string of the molecule is CC.N#Cc1ccc(O)cc1Cl.N/C(=C\C=C(/N)N1CCC(CN2CCNCC2)CC1)C(=O)NC1CCCCC1.O=CO. The highest BCUT2D eigenvalue weighted by Crippen LogP contribution is 2.21. The van der Waals surface area contributed by atoms with Crippen molar-refractivity contribution in [3.8, 4) is 11.8 Å². The monoisotopic (exact) mass is 619 g/mol. The largest absolute Gasteiger partial charge is 0.508 e. The molecule has 0 aromatic heterocycles. The van der Waals surface area contributed by atoms with Crippen LogP contribution in [0.5, 0.6) is 5.75 Å². The number of hydrogen-bond acceptors (Lipinski definition) is 9. The summed E-state index contributed by atoms with van der Waals surface area (Å²) in [6, 6.07) is 6.37. The summed E-state index contributed by atoms with van der Waals surface area (Å²) in [5.74, 6) is 1.35. The second-order valence-corrected chi connectivity index (χ2v) is 10.8. The molecule has 11 nitrogen and oxygen atoms in total. The van der Waals surface area contributed by atoms with Crippen LogP contribution in [0, 0.1) is 17.2 Å². The molecule has 3 fully saturated rings. The van der Waals surface area contributed by atoms with Gasteiger partial charge in [-0.1, -0.05) is 44.7 Å². The van der Waals surface area contributed by atoms with Crippen molar-refractivity contribution in [2.45, 2.75) is 64.8 Å². The summed E-state index contributed by atoms with van der Waals surface area (Å²) in [7, 11) is 0. The van der Waals surface area contributed by atoms with Crippen LogP contribution in [-0.4, -0.2) is 84.2 Å². The molecule has 240 valence electrons. The number of phenolic OH excluding ortho intramolecular Hbond substituents is 1. The summed E-state index contributed by atoms with van der Waals surface area (Å²) in [6.07, 6.45) is 11.5. The number of carbonyl (C=O) groups excluding carboxylic acids is 1. The summed E-state index contributed by atoms with van der Waals surface area (Å²) < 4.78 is 0. The Kier molecular flexibility index (Phi) is 19.3. The number of carbonyl (C=O) groups is 2. The first-order chi connectivity index (χ1) is 20.8. The van der Waals surface area contributed by atoms with Gasteiger partial charge in [0, 0.05) is 51.9 Å². The van der Waals surface area contributed by atoms with Gasteiger partial charge in [0.15, 0.2) is 0 Å². The van der Waals surface area contributed by atoms with E-state index in [4.69, 9.17) is 43.3 Å². The highest BCUT2D eigenvalue weighted by Gasteiger charge is 2.22. The van der Waals surface area contributed by atoms with Crippen molar-refractivity contribution in [1.82, 2.24) is 20.4 Å². The van der Waals surface area contributed by atoms with Gasteiger partial charge in [-0.05, 0) is 62.0 Å². The van der Waals surface area contributed by atoms with Crippen LogP contribution in [-0.2, 0) is 9.59 Å². The van der Waals surface area contributed by atoms with Gasteiger partial charge in [-0.25, -0.2) is 0 Å². The number of nitrogens with two attached hydrogens (primary N) is 2. The summed E-state index contributed by atoms with van der Waals surface area (Å²) in [5.41, 5.74) is 12.8. The van der Waals surface area contributed by atoms with E-state index in [0.29, 0.717) is 11.4 Å². The molecule has 0 atom stereocenters. The zero-order valence-electron chi connectivity index (χ0n) is 25.6. The maximum Gasteiger partial charge on any atom is 0.290 e. The van der Waals surface area contributed by atoms with E-state index >= 15 is 0 Å². The van der Waals surface area contributed by atoms with Gasteiger partial charge in [0.1, 0.15) is 11.8 Å². The first-order valence-electron chi connectivity index (χ1n) is 15.2. The molecule has 4 rings (SSSR count). The second kappa shape index (κ2) is 22.1. The smallest absolute Gasteiger partial charge is 0.290 e. The Morgan fingerprint density at radius 3 is 2.26 bits per heavy atom. The fraction of sp³-hybridized carbons (Fsp3) is 0.581. The number of hydrogen-bond donors (Lipinski definition) is 6. The first-order valence-corrected chi connectivity index (χ1v) is 15.5. The molecule has 1 amide bonds. The van der Waals surface area contributed by atoms with Crippen LogP contribution in [0.25, 0.3) is 0 Å². The predicted molar refractivity (Wildman–Crippen MR) is 171 cm³/mol. The Hall–Kier alpha value is -3.46. The van der Waals surface area contributed by atoms with Crippen molar-refractivity contribution in [3.63, 3.8) is 0 Å². The molecule has 2 saturated heterocycles. The van der Waals surface area contributed by atoms with Gasteiger partial charge in [0.2, 0.25) is 0 Å². The van der Waals surface area contributed by atoms with Crippen LogP contribution in [0.3, 0.4) is 0 Å². The van der Waals surface area contributed by atoms with E-state index in [9.17, 15) is 4.79 Å². The number of benzene rings is 1. The molecule has 3 aliphatic rings. The molecule has 1 aromatic carbocycles. The second-order valence-electron chi connectivity index (χ2n) is 10.4. The van der Waals surface area contributed by atoms with E-state index in [1.807, 2.05) is 19.9 Å². The minimum absolute atomic E-state index is 0.0731. The van der Waals surface area contributed by atoms with E-state index in [1.165, 1.54) is 56.8 Å². The highest BCUT2D eigenvalue weighted by molar-refractivity contribution is 6.31. The number of aromatic hydroxyl groups is 1. The molecule has 12 heteroatoms. The van der Waals surface area contributed by atoms with Gasteiger partial charge in [0.05, 0.1) is 22.1 Å². The summed E-state index contributed by atoms with van der Waals surface area (Å²) >= 11 is 5.55. The summed E-state index contributed by atoms with van der Waals surface area (Å²) in [5, 5.41) is 30.9. The predicted octanol–water partition coefficient (Wildman–Crippen LogP) is 3.34. The molecule has 0 unspecified atom stereocenters. The van der Waals surface area contributed by atoms with Crippen LogP contribution in [0.2, 0.25) is 5.02 Å². The molecule has 43 heavy (non-hydrogen) atoms. The molecule has 1 aromatic rings. The topological polar surface area (TPSA) is 181 Å². The van der Waals surface area contributed by atoms with Crippen LogP contribution >= 0.6 is 11.6 Å². The number of nitrogens with one attached hydrogen (secondary N) is 2. The van der Waals surface area contributed by atoms with Gasteiger partial charge in [-0.3, -0.25) is 9.59 Å². The molecule has 0 radical (unpaired) electrons. The number of phenols is 1. The standard InChI is InChI=1S/C21H38N6O.C7H4ClNO.C2H6.CH2O2/c22-19(21(28)25-18-4-2-1-3-5-18)6-7-20(23)27-12-8-17(9-13-27)16-26-14-10-24-11-15-26;8-7-3-6(10)2-1-5(7)4-9;1-2;2-1-3/h6-7,17-18,24H,1-5,8-16,22-23H2,(H,25,28);1-3,10H;1-2H3;1H,(H,2,3)/b19-6-,20-7+;;;. The number of allylic oxidation sites excluding steroid dienone is 2. The van der Waals surface area contributed by atoms with Crippen LogP contribution in [0.15, 0.2) is 41.9 Å². The number of piperazine rings is 1. The third-order valence-electron chi connectivity index (χ3n) is 7.42. The minimum atomic E-state index is -0.250. The van der Waals surface area contributed by atoms with Crippen molar-refractivity contribution in [2.75, 3.05) is 45.8 Å². The van der Waals surface area contributed by atoms with Crippen LogP contribution in [0.1, 0.15) is 64.4 Å². The zero-order chi connectivity index (χ0) is 32.0. The van der Waals surface area contributed by atoms with Crippen molar-refractivity contribution in [1.29, 1.82) is 5.26 Å². The molecule has 1 saturated carbocycles. The molecule has 0 spiro atoms. The van der Waals surface area contributed by atoms with Gasteiger partial charge in [-0.2, -0.15) is 5.26 Å². The molecular formula is C31H50ClN7O4. The lowest BCUT2D eigenvalue weighted by Crippen LogP contribution is -2.47. The number of piperidine rings is 1. The van der Waals surface area contributed by atoms with Gasteiger partial charge in [0.25, 0.3) is 12.4 Å². The first kappa shape index (κ1) is 37.6. The fourth-order valence-corrected chi connectivity index (χ4v) is 5.32. The summed E-state index contributed by atoms with van der Waals surface area (Å²) in [6.45, 7) is 11.4. The third kappa shape index (κ3) is 15.0. The summed E-state index contributed by atoms with van der Waals surface area (Å²) in [4.78, 5) is 25.4. The lowest BCUT2D eigenvalue weighted by Gasteiger charge is -2.37. The van der Waals surface area contributed by atoms with Crippen molar-refractivity contribution in [2.24, 2.45) is 17.4 Å². The van der Waals surface area contributed by atoms with E-state index in [1.54, 1.807) is 12.2 Å². The molecule has 2 aliphatic heterocycles. The number of nitrogens with zero attached hydrogens (tertiary/aromatic N) is 3. The van der Waals surface area contributed by atoms with Crippen LogP contribution < -0.4 is 22.1 Å². The van der Waals surface area contributed by atoms with E-state index in [-0.39, 0.29) is 34.9 Å². The maximum absolute atomic E-state index is 12.2. The molecular weight excluding hydrogens is 570 g/mol. The lowest BCUT2D eigenvalue weighted by molar-refractivity contribution is -0.123. The minimum Gasteiger partial charge on any atom is -0.508 e. The zero-order valence-corrected chi connectivity index (χ0v) is 26.4. The number of nitriles is 1. The van der Waals surface area contributed by atoms with Crippen molar-refractivity contribution < 1.29 is 19.8 Å². The number of amides is 1. The number of likely N-dealkylation sites (tertiary alicyclic amines) is 1. The Morgan fingerprint density at radius 2 is 1.70 bits per heavy atom. The average Bonchev–Trinajstić information content (AvgIpc) is 3.03. The lowest BCUT2D eigenvalue weighted by atomic mass is 9.95. The van der Waals surface area contributed by atoms with Gasteiger partial charge >= 0.3 is 0 Å². The number of carboxylic acid groups (broad SMARTS) is 1. The van der Waals surface area contributed by atoms with Gasteiger partial charge < -0.3 is 42.1 Å². The number of rotatable bonds is 6. The van der Waals surface area contributed by atoms with Crippen LogP contribution in [0.4, 0.5) is 0 Å². The third-order valence-corrected chi connectivity index (χ3v) is 7.73. The quantitative estimate of drug-likeness (QED) is 0.157. The van der Waals surface area contributed by atoms with Crippen molar-refractivity contribution in [3.05, 3.63) is 52.5 Å². The van der Waals surface area contributed by atoms with Crippen molar-refractivity contribution >= 4 is 24.0 Å². The fourth-order valence-electron chi connectivity index (χ4n) is 5.10. The number of halogens is 1. The van der Waals surface area contributed by atoms with E-state index < -0.39 is 0 Å². The molecule has 8 N–H and O–H groups in total. The van der Waals surface area contributed by atoms with E-state index in [0.717, 1.165) is 58.0 Å².